The smallest absolute Gasteiger partial charge is 0.337 e. The molecular weight excluding hydrogens is 519 g/mol. The maximum atomic E-state index is 13.6. The van der Waals surface area contributed by atoms with Crippen molar-refractivity contribution in [2.75, 3.05) is 37.0 Å². The van der Waals surface area contributed by atoms with Crippen LogP contribution in [0.25, 0.3) is 0 Å². The lowest BCUT2D eigenvalue weighted by Gasteiger charge is -2.24. The lowest BCUT2D eigenvalue weighted by atomic mass is 10.1. The van der Waals surface area contributed by atoms with Crippen molar-refractivity contribution in [3.8, 4) is 5.75 Å². The van der Waals surface area contributed by atoms with Gasteiger partial charge in [-0.05, 0) is 73.7 Å². The van der Waals surface area contributed by atoms with Gasteiger partial charge in [0.15, 0.2) is 0 Å². The minimum absolute atomic E-state index is 0.0239. The molecule has 0 aliphatic carbocycles. The van der Waals surface area contributed by atoms with Gasteiger partial charge >= 0.3 is 11.9 Å². The molecule has 0 saturated heterocycles. The largest absolute Gasteiger partial charge is 0.494 e. The number of methoxy groups -OCH3 is 2. The minimum Gasteiger partial charge on any atom is -0.494 e. The topological polar surface area (TPSA) is 128 Å². The van der Waals surface area contributed by atoms with E-state index in [0.717, 1.165) is 30.7 Å². The molecular formula is C26H25FN2O8S. The van der Waals surface area contributed by atoms with Gasteiger partial charge in [0.1, 0.15) is 18.1 Å². The van der Waals surface area contributed by atoms with Gasteiger partial charge in [-0.3, -0.25) is 9.10 Å². The lowest BCUT2D eigenvalue weighted by molar-refractivity contribution is -0.114. The SMILES string of the molecule is CCOc1ccc(S(=O)(=O)N(CC(=O)Nc2cc(C(=O)OC)cc(C(=O)OC)c2)c2ccc(F)cc2)cc1. The molecule has 0 aliphatic rings. The van der Waals surface area contributed by atoms with E-state index in [0.29, 0.717) is 12.4 Å². The molecule has 0 spiro atoms. The van der Waals surface area contributed by atoms with Gasteiger partial charge in [-0.15, -0.1) is 0 Å². The van der Waals surface area contributed by atoms with Crippen molar-refractivity contribution in [1.82, 2.24) is 0 Å². The second-order valence-electron chi connectivity index (χ2n) is 7.72. The van der Waals surface area contributed by atoms with Crippen LogP contribution in [0.15, 0.2) is 71.6 Å². The Labute approximate surface area is 219 Å². The molecule has 38 heavy (non-hydrogen) atoms. The molecule has 0 unspecified atom stereocenters. The highest BCUT2D eigenvalue weighted by molar-refractivity contribution is 7.92. The molecule has 3 aromatic rings. The number of halogens is 1. The molecule has 0 radical (unpaired) electrons. The van der Waals surface area contributed by atoms with Crippen molar-refractivity contribution in [3.63, 3.8) is 0 Å². The van der Waals surface area contributed by atoms with Gasteiger partial charge in [-0.25, -0.2) is 22.4 Å². The first-order valence-corrected chi connectivity index (χ1v) is 12.7. The average Bonchev–Trinajstić information content (AvgIpc) is 2.91. The highest BCUT2D eigenvalue weighted by Crippen LogP contribution is 2.26. The van der Waals surface area contributed by atoms with Crippen LogP contribution in [0, 0.1) is 5.82 Å². The molecule has 3 rings (SSSR count). The molecule has 0 fully saturated rings. The van der Waals surface area contributed by atoms with E-state index < -0.39 is 40.2 Å². The second-order valence-corrected chi connectivity index (χ2v) is 9.59. The van der Waals surface area contributed by atoms with Crippen molar-refractivity contribution in [2.24, 2.45) is 0 Å². The fourth-order valence-electron chi connectivity index (χ4n) is 3.43. The van der Waals surface area contributed by atoms with E-state index in [4.69, 9.17) is 4.74 Å². The van der Waals surface area contributed by atoms with Crippen LogP contribution in [0.4, 0.5) is 15.8 Å². The maximum Gasteiger partial charge on any atom is 0.337 e. The number of hydrogen-bond donors (Lipinski definition) is 1. The predicted molar refractivity (Wildman–Crippen MR) is 136 cm³/mol. The summed E-state index contributed by atoms with van der Waals surface area (Å²) in [4.78, 5) is 37.0. The van der Waals surface area contributed by atoms with E-state index in [1.807, 2.05) is 0 Å². The number of ether oxygens (including phenoxy) is 3. The quantitative estimate of drug-likeness (QED) is 0.383. The van der Waals surface area contributed by atoms with Crippen molar-refractivity contribution in [3.05, 3.63) is 83.7 Å². The molecule has 0 heterocycles. The summed E-state index contributed by atoms with van der Waals surface area (Å²) in [5.74, 6) is -2.47. The summed E-state index contributed by atoms with van der Waals surface area (Å²) >= 11 is 0. The van der Waals surface area contributed by atoms with Crippen LogP contribution in [-0.2, 0) is 24.3 Å². The zero-order valence-electron chi connectivity index (χ0n) is 20.8. The number of benzene rings is 3. The number of anilines is 2. The Kier molecular flexibility index (Phi) is 9.02. The molecule has 1 amide bonds. The molecule has 0 aromatic heterocycles. The van der Waals surface area contributed by atoms with Gasteiger partial charge in [-0.1, -0.05) is 0 Å². The van der Waals surface area contributed by atoms with Crippen LogP contribution >= 0.6 is 0 Å². The van der Waals surface area contributed by atoms with Gasteiger partial charge in [0.25, 0.3) is 10.0 Å². The molecule has 3 aromatic carbocycles. The molecule has 200 valence electrons. The molecule has 10 nitrogen and oxygen atoms in total. The van der Waals surface area contributed by atoms with Crippen molar-refractivity contribution >= 4 is 39.2 Å². The van der Waals surface area contributed by atoms with E-state index in [2.05, 4.69) is 14.8 Å². The monoisotopic (exact) mass is 544 g/mol. The Morgan fingerprint density at radius 1 is 0.868 bits per heavy atom. The molecule has 1 N–H and O–H groups in total. The fourth-order valence-corrected chi connectivity index (χ4v) is 4.85. The van der Waals surface area contributed by atoms with E-state index >= 15 is 0 Å². The van der Waals surface area contributed by atoms with Gasteiger partial charge in [0, 0.05) is 5.69 Å². The Morgan fingerprint density at radius 2 is 1.42 bits per heavy atom. The number of amides is 1. The second kappa shape index (κ2) is 12.2. The number of rotatable bonds is 10. The number of hydrogen-bond acceptors (Lipinski definition) is 8. The normalized spacial score (nSPS) is 10.8. The van der Waals surface area contributed by atoms with Crippen molar-refractivity contribution < 1.29 is 41.4 Å². The number of carbonyl (C=O) groups excluding carboxylic acids is 3. The Morgan fingerprint density at radius 3 is 1.92 bits per heavy atom. The Bertz CT molecular complexity index is 1390. The number of carbonyl (C=O) groups is 3. The van der Waals surface area contributed by atoms with E-state index in [1.165, 1.54) is 54.6 Å². The van der Waals surface area contributed by atoms with Gasteiger partial charge < -0.3 is 19.5 Å². The summed E-state index contributed by atoms with van der Waals surface area (Å²) in [6.07, 6.45) is 0. The van der Waals surface area contributed by atoms with Gasteiger partial charge in [-0.2, -0.15) is 0 Å². The molecule has 0 atom stereocenters. The standard InChI is InChI=1S/C26H25FN2O8S/c1-4-37-22-9-11-23(12-10-22)38(33,34)29(21-7-5-19(27)6-8-21)16-24(30)28-20-14-17(25(31)35-2)13-18(15-20)26(32)36-3/h5-15H,4,16H2,1-3H3,(H,28,30). The maximum absolute atomic E-state index is 13.6. The summed E-state index contributed by atoms with van der Waals surface area (Å²) < 4.78 is 56.1. The highest BCUT2D eigenvalue weighted by Gasteiger charge is 2.28. The number of nitrogens with zero attached hydrogens (tertiary/aromatic N) is 1. The first-order chi connectivity index (χ1) is 18.1. The third kappa shape index (κ3) is 6.65. The molecule has 0 aliphatic heterocycles. The number of sulfonamides is 1. The lowest BCUT2D eigenvalue weighted by Crippen LogP contribution is -2.38. The summed E-state index contributed by atoms with van der Waals surface area (Å²) in [6.45, 7) is 1.47. The predicted octanol–water partition coefficient (Wildman–Crippen LogP) is 3.63. The van der Waals surface area contributed by atoms with Crippen LogP contribution in [-0.4, -0.2) is 53.6 Å². The summed E-state index contributed by atoms with van der Waals surface area (Å²) in [6, 6.07) is 14.0. The van der Waals surface area contributed by atoms with Gasteiger partial charge in [0.2, 0.25) is 5.91 Å². The number of esters is 2. The summed E-state index contributed by atoms with van der Waals surface area (Å²) in [5, 5.41) is 2.49. The molecule has 0 saturated carbocycles. The van der Waals surface area contributed by atoms with Crippen LogP contribution in [0.3, 0.4) is 0 Å². The Hall–Kier alpha value is -4.45. The van der Waals surface area contributed by atoms with E-state index in [9.17, 15) is 27.2 Å². The fraction of sp³-hybridized carbons (Fsp3) is 0.192. The minimum atomic E-state index is -4.29. The summed E-state index contributed by atoms with van der Waals surface area (Å²) in [7, 11) is -1.99. The molecule has 0 bridgehead atoms. The summed E-state index contributed by atoms with van der Waals surface area (Å²) in [5.41, 5.74) is -0.0176. The first-order valence-electron chi connectivity index (χ1n) is 11.2. The third-order valence-corrected chi connectivity index (χ3v) is 6.97. The third-order valence-electron chi connectivity index (χ3n) is 5.18. The average molecular weight is 545 g/mol. The highest BCUT2D eigenvalue weighted by atomic mass is 32.2. The molecule has 12 heteroatoms. The zero-order valence-corrected chi connectivity index (χ0v) is 21.6. The van der Waals surface area contributed by atoms with Crippen molar-refractivity contribution in [2.45, 2.75) is 11.8 Å². The van der Waals surface area contributed by atoms with E-state index in [1.54, 1.807) is 6.92 Å². The number of nitrogens with one attached hydrogen (secondary N) is 1. The van der Waals surface area contributed by atoms with Crippen LogP contribution in [0.5, 0.6) is 5.75 Å². The van der Waals surface area contributed by atoms with Crippen LogP contribution in [0.1, 0.15) is 27.6 Å². The van der Waals surface area contributed by atoms with Gasteiger partial charge in [0.05, 0.1) is 42.5 Å². The van der Waals surface area contributed by atoms with Crippen LogP contribution < -0.4 is 14.4 Å². The van der Waals surface area contributed by atoms with E-state index in [-0.39, 0.29) is 27.4 Å². The van der Waals surface area contributed by atoms with Crippen LogP contribution in [0.2, 0.25) is 0 Å². The first kappa shape index (κ1) is 28.1. The van der Waals surface area contributed by atoms with Crippen molar-refractivity contribution in [1.29, 1.82) is 0 Å². The zero-order chi connectivity index (χ0) is 27.9. The Balaban J connectivity index is 1.96.